The molecule has 1 aliphatic carbocycles. The summed E-state index contributed by atoms with van der Waals surface area (Å²) >= 11 is 0. The molecule has 1 aromatic rings. The fourth-order valence-electron chi connectivity index (χ4n) is 2.79. The van der Waals surface area contributed by atoms with E-state index in [9.17, 15) is 0 Å². The van der Waals surface area contributed by atoms with Gasteiger partial charge in [0.25, 0.3) is 0 Å². The predicted octanol–water partition coefficient (Wildman–Crippen LogP) is 6.06. The Kier molecular flexibility index (Phi) is 7.20. The minimum Gasteiger partial charge on any atom is -0.0654 e. The van der Waals surface area contributed by atoms with Gasteiger partial charge >= 0.3 is 0 Å². The molecule has 0 aromatic heterocycles. The Morgan fingerprint density at radius 1 is 1.21 bits per heavy atom. The van der Waals surface area contributed by atoms with E-state index in [1.165, 1.54) is 44.1 Å². The van der Waals surface area contributed by atoms with E-state index in [0.29, 0.717) is 0 Å². The van der Waals surface area contributed by atoms with Crippen LogP contribution in [-0.2, 0) is 19.3 Å². The maximum absolute atomic E-state index is 2.40. The standard InChI is InChI=1S/C13H18.C6H14.H2/c1-3-11-5-7-12-8-10(2)4-6-13(12)9-11;1-4-5-6(2)3;/h5,7,9-10H,3-4,6,8H2,1-2H3;6H,4-5H2,1-3H3;1H/t10-;;/m0../s1. The van der Waals surface area contributed by atoms with Gasteiger partial charge in [-0.2, -0.15) is 0 Å². The molecule has 1 aliphatic rings. The van der Waals surface area contributed by atoms with Gasteiger partial charge in [-0.05, 0) is 54.2 Å². The third-order valence-corrected chi connectivity index (χ3v) is 4.02. The highest BCUT2D eigenvalue weighted by Gasteiger charge is 2.14. The van der Waals surface area contributed by atoms with E-state index in [1.807, 2.05) is 0 Å². The van der Waals surface area contributed by atoms with Gasteiger partial charge in [0.05, 0.1) is 0 Å². The third-order valence-electron chi connectivity index (χ3n) is 4.02. The Balaban J connectivity index is 0.000000448. The van der Waals surface area contributed by atoms with Crippen molar-refractivity contribution in [2.45, 2.75) is 73.1 Å². The van der Waals surface area contributed by atoms with Crippen molar-refractivity contribution < 1.29 is 1.43 Å². The van der Waals surface area contributed by atoms with Crippen LogP contribution in [0.15, 0.2) is 18.2 Å². The molecule has 0 aliphatic heterocycles. The largest absolute Gasteiger partial charge is 0.0654 e. The highest BCUT2D eigenvalue weighted by atomic mass is 14.2. The Morgan fingerprint density at radius 3 is 2.47 bits per heavy atom. The molecule has 110 valence electrons. The molecule has 0 N–H and O–H groups in total. The lowest BCUT2D eigenvalue weighted by Crippen LogP contribution is -2.11. The molecule has 0 nitrogen and oxygen atoms in total. The van der Waals surface area contributed by atoms with Crippen LogP contribution in [0, 0.1) is 11.8 Å². The summed E-state index contributed by atoms with van der Waals surface area (Å²) in [6.07, 6.45) is 7.84. The van der Waals surface area contributed by atoms with Crippen LogP contribution in [0.2, 0.25) is 0 Å². The van der Waals surface area contributed by atoms with Crippen LogP contribution in [0.25, 0.3) is 0 Å². The first kappa shape index (κ1) is 16.3. The van der Waals surface area contributed by atoms with Crippen LogP contribution in [0.4, 0.5) is 0 Å². The first-order valence-electron chi connectivity index (χ1n) is 8.17. The second kappa shape index (κ2) is 8.40. The van der Waals surface area contributed by atoms with Crippen molar-refractivity contribution in [2.24, 2.45) is 11.8 Å². The van der Waals surface area contributed by atoms with E-state index in [1.54, 1.807) is 11.1 Å². The van der Waals surface area contributed by atoms with Crippen molar-refractivity contribution in [1.29, 1.82) is 0 Å². The van der Waals surface area contributed by atoms with Crippen molar-refractivity contribution in [3.05, 3.63) is 34.9 Å². The summed E-state index contributed by atoms with van der Waals surface area (Å²) in [4.78, 5) is 0. The summed E-state index contributed by atoms with van der Waals surface area (Å²) in [5, 5.41) is 0. The monoisotopic (exact) mass is 262 g/mol. The van der Waals surface area contributed by atoms with E-state index < -0.39 is 0 Å². The lowest BCUT2D eigenvalue weighted by Gasteiger charge is -2.21. The molecule has 0 amide bonds. The summed E-state index contributed by atoms with van der Waals surface area (Å²) in [5.41, 5.74) is 4.70. The molecular formula is C19H34. The predicted molar refractivity (Wildman–Crippen MR) is 88.9 cm³/mol. The maximum atomic E-state index is 2.40. The van der Waals surface area contributed by atoms with Crippen LogP contribution < -0.4 is 0 Å². The third kappa shape index (κ3) is 5.80. The number of aryl methyl sites for hydroxylation is 2. The highest BCUT2D eigenvalue weighted by molar-refractivity contribution is 5.34. The molecule has 0 heterocycles. The Labute approximate surface area is 122 Å². The van der Waals surface area contributed by atoms with E-state index in [2.05, 4.69) is 52.8 Å². The zero-order chi connectivity index (χ0) is 14.3. The van der Waals surface area contributed by atoms with Gasteiger partial charge in [0.2, 0.25) is 0 Å². The maximum Gasteiger partial charge on any atom is 0 e. The molecule has 0 radical (unpaired) electrons. The van der Waals surface area contributed by atoms with Crippen molar-refractivity contribution in [1.82, 2.24) is 0 Å². The normalized spacial score (nSPS) is 17.7. The summed E-state index contributed by atoms with van der Waals surface area (Å²) in [7, 11) is 0. The molecule has 0 fully saturated rings. The van der Waals surface area contributed by atoms with E-state index in [4.69, 9.17) is 0 Å². The average molecular weight is 262 g/mol. The van der Waals surface area contributed by atoms with Crippen LogP contribution in [0.5, 0.6) is 0 Å². The number of hydrogen-bond acceptors (Lipinski definition) is 0. The Hall–Kier alpha value is -0.780. The van der Waals surface area contributed by atoms with Crippen molar-refractivity contribution in [3.8, 4) is 0 Å². The number of fused-ring (bicyclic) bond motifs is 1. The summed E-state index contributed by atoms with van der Waals surface area (Å²) in [5.74, 6) is 1.79. The molecule has 0 bridgehead atoms. The lowest BCUT2D eigenvalue weighted by atomic mass is 9.84. The molecule has 0 saturated carbocycles. The van der Waals surface area contributed by atoms with Gasteiger partial charge in [-0.3, -0.25) is 0 Å². The van der Waals surface area contributed by atoms with Gasteiger partial charge in [-0.1, -0.05) is 65.7 Å². The average Bonchev–Trinajstić information content (AvgIpc) is 2.38. The minimum absolute atomic E-state index is 0. The van der Waals surface area contributed by atoms with Gasteiger partial charge in [-0.25, -0.2) is 0 Å². The van der Waals surface area contributed by atoms with Gasteiger partial charge in [0, 0.05) is 1.43 Å². The molecule has 2 rings (SSSR count). The zero-order valence-electron chi connectivity index (χ0n) is 13.6. The Morgan fingerprint density at radius 2 is 1.95 bits per heavy atom. The first-order valence-corrected chi connectivity index (χ1v) is 8.17. The smallest absolute Gasteiger partial charge is 0 e. The molecule has 0 spiro atoms. The van der Waals surface area contributed by atoms with Crippen LogP contribution in [-0.4, -0.2) is 0 Å². The molecule has 0 heteroatoms. The van der Waals surface area contributed by atoms with Gasteiger partial charge < -0.3 is 0 Å². The summed E-state index contributed by atoms with van der Waals surface area (Å²) in [6, 6.07) is 7.03. The molecule has 0 saturated heterocycles. The van der Waals surface area contributed by atoms with E-state index in [-0.39, 0.29) is 1.43 Å². The van der Waals surface area contributed by atoms with Crippen LogP contribution >= 0.6 is 0 Å². The molecule has 19 heavy (non-hydrogen) atoms. The Bertz CT molecular complexity index is 368. The minimum atomic E-state index is 0. The zero-order valence-corrected chi connectivity index (χ0v) is 13.6. The number of benzene rings is 1. The summed E-state index contributed by atoms with van der Waals surface area (Å²) in [6.45, 7) is 11.3. The fraction of sp³-hybridized carbons (Fsp3) is 0.684. The van der Waals surface area contributed by atoms with Gasteiger partial charge in [0.1, 0.15) is 0 Å². The van der Waals surface area contributed by atoms with E-state index in [0.717, 1.165) is 11.8 Å². The van der Waals surface area contributed by atoms with Crippen LogP contribution in [0.3, 0.4) is 0 Å². The number of hydrogen-bond donors (Lipinski definition) is 0. The van der Waals surface area contributed by atoms with Crippen LogP contribution in [0.1, 0.15) is 72.0 Å². The van der Waals surface area contributed by atoms with Crippen molar-refractivity contribution in [2.75, 3.05) is 0 Å². The van der Waals surface area contributed by atoms with Crippen molar-refractivity contribution in [3.63, 3.8) is 0 Å². The first-order chi connectivity index (χ1) is 9.06. The topological polar surface area (TPSA) is 0 Å². The van der Waals surface area contributed by atoms with E-state index >= 15 is 0 Å². The number of rotatable bonds is 3. The van der Waals surface area contributed by atoms with Crippen molar-refractivity contribution >= 4 is 0 Å². The van der Waals surface area contributed by atoms with Gasteiger partial charge in [-0.15, -0.1) is 0 Å². The molecule has 1 aromatic carbocycles. The molecule has 1 atom stereocenters. The summed E-state index contributed by atoms with van der Waals surface area (Å²) < 4.78 is 0. The lowest BCUT2D eigenvalue weighted by molar-refractivity contribution is 0.501. The SMILES string of the molecule is CCCC(C)C.CCc1ccc2c(c1)CC[C@H](C)C2.[HH]. The second-order valence-corrected chi connectivity index (χ2v) is 6.49. The fourth-order valence-corrected chi connectivity index (χ4v) is 2.79. The molecule has 0 unspecified atom stereocenters. The highest BCUT2D eigenvalue weighted by Crippen LogP contribution is 2.25. The second-order valence-electron chi connectivity index (χ2n) is 6.49. The van der Waals surface area contributed by atoms with Gasteiger partial charge in [0.15, 0.2) is 0 Å². The molecular weight excluding hydrogens is 228 g/mol. The quantitative estimate of drug-likeness (QED) is 0.621.